The van der Waals surface area contributed by atoms with Gasteiger partial charge in [0.05, 0.1) is 6.07 Å². The van der Waals surface area contributed by atoms with Gasteiger partial charge >= 0.3 is 0 Å². The number of ketones is 1. The Bertz CT molecular complexity index is 550. The molecule has 2 nitrogen and oxygen atoms in total. The lowest BCUT2D eigenvalue weighted by Crippen LogP contribution is -2.09. The maximum atomic E-state index is 12.0. The van der Waals surface area contributed by atoms with E-state index in [0.717, 1.165) is 30.4 Å². The molecule has 0 radical (unpaired) electrons. The monoisotopic (exact) mass is 253 g/mol. The van der Waals surface area contributed by atoms with Crippen LogP contribution < -0.4 is 0 Å². The summed E-state index contributed by atoms with van der Waals surface area (Å²) in [7, 11) is 0. The lowest BCUT2D eigenvalue weighted by Gasteiger charge is -2.18. The van der Waals surface area contributed by atoms with Crippen molar-refractivity contribution in [1.29, 1.82) is 5.26 Å². The Morgan fingerprint density at radius 1 is 1.37 bits per heavy atom. The third-order valence-corrected chi connectivity index (χ3v) is 3.94. The number of carbonyl (C=O) groups is 1. The van der Waals surface area contributed by atoms with E-state index in [1.54, 1.807) is 6.92 Å². The third-order valence-electron chi connectivity index (χ3n) is 3.94. The molecule has 1 aliphatic carbocycles. The van der Waals surface area contributed by atoms with Crippen LogP contribution in [0.5, 0.6) is 0 Å². The molecule has 1 saturated carbocycles. The molecule has 0 spiro atoms. The normalized spacial score (nSPS) is 24.9. The highest BCUT2D eigenvalue weighted by Crippen LogP contribution is 2.46. The largest absolute Gasteiger partial charge is 0.294 e. The second-order valence-corrected chi connectivity index (χ2v) is 5.72. The molecule has 19 heavy (non-hydrogen) atoms. The molecule has 0 aromatic heterocycles. The fourth-order valence-corrected chi connectivity index (χ4v) is 2.96. The van der Waals surface area contributed by atoms with Crippen LogP contribution in [0.4, 0.5) is 0 Å². The van der Waals surface area contributed by atoms with Crippen LogP contribution in [0.3, 0.4) is 0 Å². The van der Waals surface area contributed by atoms with Gasteiger partial charge in [0.2, 0.25) is 0 Å². The van der Waals surface area contributed by atoms with Gasteiger partial charge < -0.3 is 0 Å². The molecule has 2 heteroatoms. The Kier molecular flexibility index (Phi) is 3.85. The summed E-state index contributed by atoms with van der Waals surface area (Å²) in [5.41, 5.74) is 3.13. The smallest absolute Gasteiger partial charge is 0.160 e. The molecular formula is C17H19NO. The zero-order chi connectivity index (χ0) is 13.9. The van der Waals surface area contributed by atoms with E-state index in [-0.39, 0.29) is 11.2 Å². The Morgan fingerprint density at radius 2 is 2.05 bits per heavy atom. The first kappa shape index (κ1) is 13.5. The van der Waals surface area contributed by atoms with Crippen molar-refractivity contribution >= 4 is 11.4 Å². The van der Waals surface area contributed by atoms with Crippen LogP contribution in [0.2, 0.25) is 0 Å². The number of nitriles is 1. The summed E-state index contributed by atoms with van der Waals surface area (Å²) in [6.07, 6.45) is 3.36. The molecule has 0 saturated heterocycles. The van der Waals surface area contributed by atoms with Gasteiger partial charge in [-0.05, 0) is 37.2 Å². The Labute approximate surface area is 114 Å². The molecule has 1 fully saturated rings. The van der Waals surface area contributed by atoms with Crippen molar-refractivity contribution in [3.8, 4) is 6.07 Å². The molecule has 0 N–H and O–H groups in total. The number of carbonyl (C=O) groups excluding carboxylic acids is 1. The first-order valence-corrected chi connectivity index (χ1v) is 6.71. The van der Waals surface area contributed by atoms with Crippen molar-refractivity contribution in [2.75, 3.05) is 0 Å². The van der Waals surface area contributed by atoms with Gasteiger partial charge in [0.15, 0.2) is 5.78 Å². The zero-order valence-corrected chi connectivity index (χ0v) is 11.6. The fourth-order valence-electron chi connectivity index (χ4n) is 2.96. The summed E-state index contributed by atoms with van der Waals surface area (Å²) in [4.78, 5) is 12.0. The highest BCUT2D eigenvalue weighted by molar-refractivity contribution is 6.20. The van der Waals surface area contributed by atoms with Crippen molar-refractivity contribution in [3.63, 3.8) is 0 Å². The van der Waals surface area contributed by atoms with Gasteiger partial charge in [-0.1, -0.05) is 42.8 Å². The summed E-state index contributed by atoms with van der Waals surface area (Å²) in [6, 6.07) is 12.1. The number of Topliss-reactive ketones (excluding diaryl/α,β-unsaturated/α-hetero) is 1. The van der Waals surface area contributed by atoms with Crippen molar-refractivity contribution in [3.05, 3.63) is 41.5 Å². The molecule has 0 heterocycles. The summed E-state index contributed by atoms with van der Waals surface area (Å²) in [6.45, 7) is 3.78. The van der Waals surface area contributed by atoms with Gasteiger partial charge in [-0.3, -0.25) is 4.79 Å². The summed E-state index contributed by atoms with van der Waals surface area (Å²) in [5.74, 6) is 0.127. The van der Waals surface area contributed by atoms with Crippen LogP contribution in [0.1, 0.15) is 45.1 Å². The number of benzene rings is 1. The summed E-state index contributed by atoms with van der Waals surface area (Å²) in [5, 5.41) is 8.91. The van der Waals surface area contributed by atoms with Crippen molar-refractivity contribution in [2.24, 2.45) is 5.41 Å². The van der Waals surface area contributed by atoms with Crippen LogP contribution >= 0.6 is 0 Å². The fraction of sp³-hybridized carbons (Fsp3) is 0.412. The minimum Gasteiger partial charge on any atom is -0.294 e. The first-order valence-electron chi connectivity index (χ1n) is 6.71. The highest BCUT2D eigenvalue weighted by atomic mass is 16.1. The minimum atomic E-state index is 0.0412. The van der Waals surface area contributed by atoms with Crippen LogP contribution in [-0.4, -0.2) is 5.78 Å². The molecule has 1 aromatic carbocycles. The zero-order valence-electron chi connectivity index (χ0n) is 11.6. The topological polar surface area (TPSA) is 40.9 Å². The molecule has 1 aromatic rings. The number of nitrogens with zero attached hydrogens (tertiary/aromatic N) is 1. The van der Waals surface area contributed by atoms with Crippen LogP contribution in [-0.2, 0) is 4.79 Å². The van der Waals surface area contributed by atoms with Gasteiger partial charge in [-0.15, -0.1) is 0 Å². The van der Waals surface area contributed by atoms with Gasteiger partial charge in [0.25, 0.3) is 0 Å². The quantitative estimate of drug-likeness (QED) is 0.760. The highest BCUT2D eigenvalue weighted by Gasteiger charge is 2.33. The lowest BCUT2D eigenvalue weighted by molar-refractivity contribution is -0.111. The minimum absolute atomic E-state index is 0.0412. The van der Waals surface area contributed by atoms with Crippen molar-refractivity contribution in [2.45, 2.75) is 39.5 Å². The third kappa shape index (κ3) is 2.93. The number of hydrogen-bond acceptors (Lipinski definition) is 2. The van der Waals surface area contributed by atoms with Crippen LogP contribution in [0, 0.1) is 16.7 Å². The van der Waals surface area contributed by atoms with E-state index >= 15 is 0 Å². The van der Waals surface area contributed by atoms with E-state index < -0.39 is 0 Å². The number of allylic oxidation sites excluding steroid dienone is 2. The molecular weight excluding hydrogens is 234 g/mol. The van der Waals surface area contributed by atoms with E-state index in [9.17, 15) is 4.79 Å². The average Bonchev–Trinajstić information content (AvgIpc) is 2.73. The van der Waals surface area contributed by atoms with Crippen molar-refractivity contribution in [1.82, 2.24) is 0 Å². The van der Waals surface area contributed by atoms with E-state index in [1.165, 1.54) is 5.57 Å². The summed E-state index contributed by atoms with van der Waals surface area (Å²) < 4.78 is 0. The predicted molar refractivity (Wildman–Crippen MR) is 76.2 cm³/mol. The van der Waals surface area contributed by atoms with E-state index in [0.29, 0.717) is 6.42 Å². The van der Waals surface area contributed by atoms with Crippen LogP contribution in [0.25, 0.3) is 5.57 Å². The Morgan fingerprint density at radius 3 is 2.63 bits per heavy atom. The van der Waals surface area contributed by atoms with E-state index in [1.807, 2.05) is 30.3 Å². The lowest BCUT2D eigenvalue weighted by atomic mass is 9.84. The molecule has 0 amide bonds. The average molecular weight is 253 g/mol. The Hall–Kier alpha value is -1.88. The standard InChI is InChI=1S/C17H19NO/c1-13(19)16(14-6-4-3-5-7-14)15-8-9-17(2,12-15)10-11-18/h3-7H,8-10,12H2,1-2H3/b16-15+. The van der Waals surface area contributed by atoms with E-state index in [4.69, 9.17) is 5.26 Å². The first-order chi connectivity index (χ1) is 9.06. The summed E-state index contributed by atoms with van der Waals surface area (Å²) >= 11 is 0. The molecule has 1 unspecified atom stereocenters. The second kappa shape index (κ2) is 5.40. The maximum absolute atomic E-state index is 12.0. The number of rotatable bonds is 3. The van der Waals surface area contributed by atoms with Gasteiger partial charge in [-0.25, -0.2) is 0 Å². The molecule has 98 valence electrons. The van der Waals surface area contributed by atoms with Gasteiger partial charge in [0, 0.05) is 12.0 Å². The predicted octanol–water partition coefficient (Wildman–Crippen LogP) is 4.13. The van der Waals surface area contributed by atoms with Crippen molar-refractivity contribution < 1.29 is 4.79 Å². The van der Waals surface area contributed by atoms with Gasteiger partial charge in [-0.2, -0.15) is 5.26 Å². The van der Waals surface area contributed by atoms with Gasteiger partial charge in [0.1, 0.15) is 0 Å². The molecule has 0 bridgehead atoms. The van der Waals surface area contributed by atoms with Crippen LogP contribution in [0.15, 0.2) is 35.9 Å². The Balaban J connectivity index is 2.39. The molecule has 1 aliphatic rings. The molecule has 2 rings (SSSR count). The molecule has 1 atom stereocenters. The second-order valence-electron chi connectivity index (χ2n) is 5.72. The molecule has 0 aliphatic heterocycles. The maximum Gasteiger partial charge on any atom is 0.160 e. The van der Waals surface area contributed by atoms with E-state index in [2.05, 4.69) is 13.0 Å². The SMILES string of the molecule is CC(=O)/C(=C1/CCC(C)(CC#N)C1)c1ccccc1. The number of hydrogen-bond donors (Lipinski definition) is 0.